The lowest BCUT2D eigenvalue weighted by atomic mass is 10.2. The maximum absolute atomic E-state index is 12.1. The molecule has 0 unspecified atom stereocenters. The van der Waals surface area contributed by atoms with Crippen molar-refractivity contribution in [2.24, 2.45) is 4.99 Å². The van der Waals surface area contributed by atoms with Gasteiger partial charge in [-0.2, -0.15) is 0 Å². The fourth-order valence-electron chi connectivity index (χ4n) is 2.74. The molecule has 1 fully saturated rings. The highest BCUT2D eigenvalue weighted by atomic mass is 127. The summed E-state index contributed by atoms with van der Waals surface area (Å²) < 4.78 is 6.26. The van der Waals surface area contributed by atoms with E-state index in [-0.39, 0.29) is 29.9 Å². The smallest absolute Gasteiger partial charge is 0.251 e. The number of nitrogens with one attached hydrogen (secondary N) is 3. The van der Waals surface area contributed by atoms with Crippen LogP contribution in [-0.4, -0.2) is 75.8 Å². The van der Waals surface area contributed by atoms with Crippen molar-refractivity contribution in [3.63, 3.8) is 0 Å². The van der Waals surface area contributed by atoms with Crippen LogP contribution < -0.4 is 16.0 Å². The van der Waals surface area contributed by atoms with Crippen LogP contribution in [0.25, 0.3) is 0 Å². The Morgan fingerprint density at radius 1 is 1.21 bits per heavy atom. The summed E-state index contributed by atoms with van der Waals surface area (Å²) in [5.41, 5.74) is 0.646. The first-order valence-corrected chi connectivity index (χ1v) is 10.3. The molecular formula is C19H31BrIN5O2. The molecule has 0 spiro atoms. The largest absolute Gasteiger partial charge is 0.379 e. The number of carbonyl (C=O) groups excluding carboxylic acids is 1. The Kier molecular flexibility index (Phi) is 13.5. The Hall–Kier alpha value is -0.910. The first kappa shape index (κ1) is 25.1. The first-order valence-electron chi connectivity index (χ1n) is 9.55. The summed E-state index contributed by atoms with van der Waals surface area (Å²) >= 11 is 3.38. The van der Waals surface area contributed by atoms with Crippen molar-refractivity contribution in [3.8, 4) is 0 Å². The Labute approximate surface area is 193 Å². The van der Waals surface area contributed by atoms with Gasteiger partial charge in [-0.25, -0.2) is 0 Å². The topological polar surface area (TPSA) is 78.0 Å². The van der Waals surface area contributed by atoms with E-state index in [1.165, 1.54) is 0 Å². The molecule has 3 N–H and O–H groups in total. The minimum absolute atomic E-state index is 0. The minimum atomic E-state index is -0.0782. The lowest BCUT2D eigenvalue weighted by Gasteiger charge is -2.26. The zero-order valence-electron chi connectivity index (χ0n) is 16.4. The molecule has 1 aliphatic rings. The van der Waals surface area contributed by atoms with E-state index in [1.54, 1.807) is 6.07 Å². The molecule has 9 heteroatoms. The van der Waals surface area contributed by atoms with Crippen molar-refractivity contribution in [2.75, 3.05) is 59.0 Å². The van der Waals surface area contributed by atoms with Crippen molar-refractivity contribution in [3.05, 3.63) is 34.3 Å². The second kappa shape index (κ2) is 15.0. The Bertz CT molecular complexity index is 612. The Balaban J connectivity index is 0.00000392. The third-order valence-electron chi connectivity index (χ3n) is 4.14. The quantitative estimate of drug-likeness (QED) is 0.184. The van der Waals surface area contributed by atoms with E-state index in [2.05, 4.69) is 41.8 Å². The summed E-state index contributed by atoms with van der Waals surface area (Å²) in [6, 6.07) is 7.36. The molecule has 0 bridgehead atoms. The van der Waals surface area contributed by atoms with Crippen LogP contribution in [-0.2, 0) is 4.74 Å². The minimum Gasteiger partial charge on any atom is -0.379 e. The molecule has 0 radical (unpaired) electrons. The van der Waals surface area contributed by atoms with Gasteiger partial charge in [0.1, 0.15) is 0 Å². The van der Waals surface area contributed by atoms with E-state index < -0.39 is 0 Å². The maximum atomic E-state index is 12.1. The van der Waals surface area contributed by atoms with Crippen molar-refractivity contribution >= 4 is 51.8 Å². The summed E-state index contributed by atoms with van der Waals surface area (Å²) in [4.78, 5) is 19.1. The Morgan fingerprint density at radius 2 is 1.96 bits per heavy atom. The van der Waals surface area contributed by atoms with E-state index in [9.17, 15) is 4.79 Å². The van der Waals surface area contributed by atoms with Gasteiger partial charge in [0.2, 0.25) is 0 Å². The van der Waals surface area contributed by atoms with Crippen molar-refractivity contribution < 1.29 is 9.53 Å². The van der Waals surface area contributed by atoms with Crippen molar-refractivity contribution in [1.82, 2.24) is 20.9 Å². The number of hydrogen-bond acceptors (Lipinski definition) is 4. The van der Waals surface area contributed by atoms with Gasteiger partial charge in [0.25, 0.3) is 5.91 Å². The predicted molar refractivity (Wildman–Crippen MR) is 128 cm³/mol. The fraction of sp³-hybridized carbons (Fsp3) is 0.579. The van der Waals surface area contributed by atoms with Crippen LogP contribution in [0, 0.1) is 0 Å². The standard InChI is InChI=1S/C19H30BrN5O2.HI/c1-2-21-19(23-7-4-10-25-11-13-27-14-12-25)24-9-8-22-18(26)16-5-3-6-17(20)15-16;/h3,5-6,15H,2,4,7-14H2,1H3,(H,22,26)(H2,21,23,24);1H. The Morgan fingerprint density at radius 3 is 2.68 bits per heavy atom. The fourth-order valence-corrected chi connectivity index (χ4v) is 3.14. The average Bonchev–Trinajstić information content (AvgIpc) is 2.69. The van der Waals surface area contributed by atoms with Crippen molar-refractivity contribution in [1.29, 1.82) is 0 Å². The van der Waals surface area contributed by atoms with Gasteiger partial charge < -0.3 is 20.7 Å². The molecule has 1 aromatic rings. The molecule has 0 saturated carbocycles. The van der Waals surface area contributed by atoms with Gasteiger partial charge >= 0.3 is 0 Å². The third-order valence-corrected chi connectivity index (χ3v) is 4.63. The monoisotopic (exact) mass is 567 g/mol. The number of aliphatic imine (C=N–C) groups is 1. The van der Waals surface area contributed by atoms with E-state index >= 15 is 0 Å². The lowest BCUT2D eigenvalue weighted by Crippen LogP contribution is -2.41. The molecule has 158 valence electrons. The molecule has 1 aliphatic heterocycles. The summed E-state index contributed by atoms with van der Waals surface area (Å²) in [6.07, 6.45) is 1.02. The normalized spacial score (nSPS) is 14.9. The van der Waals surface area contributed by atoms with Gasteiger partial charge in [-0.1, -0.05) is 22.0 Å². The van der Waals surface area contributed by atoms with Crippen LogP contribution in [0.2, 0.25) is 0 Å². The molecule has 0 aliphatic carbocycles. The number of benzene rings is 1. The molecule has 1 amide bonds. The number of guanidine groups is 1. The molecule has 0 atom stereocenters. The maximum Gasteiger partial charge on any atom is 0.251 e. The number of halogens is 2. The van der Waals surface area contributed by atoms with Crippen LogP contribution in [0.3, 0.4) is 0 Å². The molecule has 1 heterocycles. The summed E-state index contributed by atoms with van der Waals surface area (Å²) in [7, 11) is 0. The summed E-state index contributed by atoms with van der Waals surface area (Å²) in [5.74, 6) is 0.710. The van der Waals surface area contributed by atoms with Gasteiger partial charge in [-0.05, 0) is 31.5 Å². The zero-order valence-corrected chi connectivity index (χ0v) is 20.3. The second-order valence-electron chi connectivity index (χ2n) is 6.26. The highest BCUT2D eigenvalue weighted by Gasteiger charge is 2.09. The van der Waals surface area contributed by atoms with Gasteiger partial charge in [-0.3, -0.25) is 14.7 Å². The number of nitrogens with zero attached hydrogens (tertiary/aromatic N) is 2. The first-order chi connectivity index (χ1) is 13.2. The van der Waals surface area contributed by atoms with Gasteiger partial charge in [0.05, 0.1) is 13.2 Å². The van der Waals surface area contributed by atoms with E-state index in [4.69, 9.17) is 4.74 Å². The zero-order chi connectivity index (χ0) is 19.3. The molecule has 2 rings (SSSR count). The molecule has 28 heavy (non-hydrogen) atoms. The lowest BCUT2D eigenvalue weighted by molar-refractivity contribution is 0.0377. The van der Waals surface area contributed by atoms with E-state index in [1.807, 2.05) is 25.1 Å². The molecule has 1 saturated heterocycles. The van der Waals surface area contributed by atoms with Crippen molar-refractivity contribution in [2.45, 2.75) is 13.3 Å². The molecule has 0 aromatic heterocycles. The van der Waals surface area contributed by atoms with Gasteiger partial charge in [0, 0.05) is 55.8 Å². The highest BCUT2D eigenvalue weighted by molar-refractivity contribution is 14.0. The molecule has 7 nitrogen and oxygen atoms in total. The molecule has 1 aromatic carbocycles. The number of rotatable bonds is 9. The number of hydrogen-bond donors (Lipinski definition) is 3. The highest BCUT2D eigenvalue weighted by Crippen LogP contribution is 2.11. The van der Waals surface area contributed by atoms with E-state index in [0.29, 0.717) is 18.7 Å². The SMILES string of the molecule is CCNC(=NCCCN1CCOCC1)NCCNC(=O)c1cccc(Br)c1.I. The average molecular weight is 568 g/mol. The van der Waals surface area contributed by atoms with Crippen LogP contribution in [0.4, 0.5) is 0 Å². The predicted octanol–water partition coefficient (Wildman–Crippen LogP) is 2.07. The summed E-state index contributed by atoms with van der Waals surface area (Å²) in [6.45, 7) is 9.52. The van der Waals surface area contributed by atoms with Crippen LogP contribution >= 0.6 is 39.9 Å². The number of ether oxygens (including phenoxy) is 1. The number of amides is 1. The summed E-state index contributed by atoms with van der Waals surface area (Å²) in [5, 5.41) is 9.40. The van der Waals surface area contributed by atoms with Crippen LogP contribution in [0.1, 0.15) is 23.7 Å². The van der Waals surface area contributed by atoms with E-state index in [0.717, 1.165) is 62.8 Å². The van der Waals surface area contributed by atoms with Gasteiger partial charge in [0.15, 0.2) is 5.96 Å². The number of carbonyl (C=O) groups is 1. The third kappa shape index (κ3) is 10.0. The van der Waals surface area contributed by atoms with Crippen LogP contribution in [0.5, 0.6) is 0 Å². The van der Waals surface area contributed by atoms with Crippen LogP contribution in [0.15, 0.2) is 33.7 Å². The number of morpholine rings is 1. The molecular weight excluding hydrogens is 537 g/mol. The van der Waals surface area contributed by atoms with Gasteiger partial charge in [-0.15, -0.1) is 24.0 Å². The second-order valence-corrected chi connectivity index (χ2v) is 7.18.